The van der Waals surface area contributed by atoms with Gasteiger partial charge in [-0.25, -0.2) is 0 Å². The number of aliphatic hydroxyl groups is 1. The molecule has 0 spiro atoms. The van der Waals surface area contributed by atoms with E-state index in [2.05, 4.69) is 10.6 Å². The lowest BCUT2D eigenvalue weighted by Crippen LogP contribution is -2.34. The number of benzene rings is 1. The van der Waals surface area contributed by atoms with Crippen LogP contribution < -0.4 is 25.8 Å². The lowest BCUT2D eigenvalue weighted by atomic mass is 10.3. The Morgan fingerprint density at radius 3 is 2.52 bits per heavy atom. The molecule has 1 aromatic rings. The van der Waals surface area contributed by atoms with E-state index in [1.54, 1.807) is 20.2 Å². The number of carbonyl (C=O) groups excluding carboxylic acids is 1. The molecule has 0 aromatic heterocycles. The molecule has 0 fully saturated rings. The standard InChI is InChI=1S/C12H20N2O3.C2H5NO/c1-16-11-4-2-3-5-12(11)17-9-10(15)8-14-7-6-13;1-3-2-4/h2-5,10,14-15H,6-9,13H2,1H3;2H,1H3,(H,3,4). The number of nitrogens with two attached hydrogens (primary N) is 1. The van der Waals surface area contributed by atoms with Gasteiger partial charge in [0.15, 0.2) is 11.5 Å². The Morgan fingerprint density at radius 1 is 1.38 bits per heavy atom. The summed E-state index contributed by atoms with van der Waals surface area (Å²) >= 11 is 0. The summed E-state index contributed by atoms with van der Waals surface area (Å²) in [7, 11) is 3.15. The number of carbonyl (C=O) groups is 1. The van der Waals surface area contributed by atoms with Crippen molar-refractivity contribution in [1.82, 2.24) is 10.6 Å². The fraction of sp³-hybridized carbons (Fsp3) is 0.500. The van der Waals surface area contributed by atoms with Gasteiger partial charge in [0, 0.05) is 26.7 Å². The SMILES string of the molecule is CNC=O.COc1ccccc1OCC(O)CNCCN. The van der Waals surface area contributed by atoms with Gasteiger partial charge in [0.1, 0.15) is 12.7 Å². The molecule has 1 unspecified atom stereocenters. The third-order valence-electron chi connectivity index (χ3n) is 2.32. The van der Waals surface area contributed by atoms with Crippen molar-refractivity contribution in [3.8, 4) is 11.5 Å². The van der Waals surface area contributed by atoms with E-state index < -0.39 is 6.10 Å². The molecular formula is C14H25N3O4. The van der Waals surface area contributed by atoms with Crippen LogP contribution in [0.2, 0.25) is 0 Å². The number of hydrogen-bond acceptors (Lipinski definition) is 6. The molecule has 7 heteroatoms. The summed E-state index contributed by atoms with van der Waals surface area (Å²) in [6, 6.07) is 7.34. The summed E-state index contributed by atoms with van der Waals surface area (Å²) in [5.41, 5.74) is 5.33. The minimum absolute atomic E-state index is 0.220. The van der Waals surface area contributed by atoms with Gasteiger partial charge in [-0.15, -0.1) is 0 Å². The van der Waals surface area contributed by atoms with Crippen molar-refractivity contribution in [2.45, 2.75) is 6.10 Å². The molecule has 1 atom stereocenters. The molecule has 0 aliphatic rings. The van der Waals surface area contributed by atoms with E-state index in [0.29, 0.717) is 37.5 Å². The van der Waals surface area contributed by atoms with Crippen LogP contribution in [0.15, 0.2) is 24.3 Å². The molecule has 0 saturated heterocycles. The predicted molar refractivity (Wildman–Crippen MR) is 81.5 cm³/mol. The topological polar surface area (TPSA) is 106 Å². The van der Waals surface area contributed by atoms with Crippen LogP contribution in [0.5, 0.6) is 11.5 Å². The largest absolute Gasteiger partial charge is 0.493 e. The predicted octanol–water partition coefficient (Wildman–Crippen LogP) is -0.655. The van der Waals surface area contributed by atoms with Crippen molar-refractivity contribution in [2.24, 2.45) is 5.73 Å². The number of amides is 1. The molecule has 0 heterocycles. The van der Waals surface area contributed by atoms with Crippen LogP contribution in [-0.2, 0) is 4.79 Å². The van der Waals surface area contributed by atoms with Crippen LogP contribution in [0.3, 0.4) is 0 Å². The van der Waals surface area contributed by atoms with Crippen LogP contribution in [0.25, 0.3) is 0 Å². The van der Waals surface area contributed by atoms with Gasteiger partial charge >= 0.3 is 0 Å². The Balaban J connectivity index is 0.000000885. The van der Waals surface area contributed by atoms with Crippen molar-refractivity contribution in [3.05, 3.63) is 24.3 Å². The van der Waals surface area contributed by atoms with Gasteiger partial charge in [0.25, 0.3) is 0 Å². The summed E-state index contributed by atoms with van der Waals surface area (Å²) in [6.45, 7) is 1.93. The van der Waals surface area contributed by atoms with Gasteiger partial charge in [0.2, 0.25) is 6.41 Å². The van der Waals surface area contributed by atoms with Gasteiger partial charge in [-0.05, 0) is 12.1 Å². The van der Waals surface area contributed by atoms with Crippen molar-refractivity contribution < 1.29 is 19.4 Å². The molecule has 0 saturated carbocycles. The third kappa shape index (κ3) is 9.67. The molecule has 0 aliphatic carbocycles. The van der Waals surface area contributed by atoms with Gasteiger partial charge < -0.3 is 30.9 Å². The Morgan fingerprint density at radius 2 is 2.00 bits per heavy atom. The fourth-order valence-electron chi connectivity index (χ4n) is 1.35. The number of ether oxygens (including phenoxy) is 2. The molecule has 0 bridgehead atoms. The normalized spacial score (nSPS) is 10.9. The molecule has 120 valence electrons. The number of rotatable bonds is 9. The first-order valence-electron chi connectivity index (χ1n) is 6.65. The van der Waals surface area contributed by atoms with Crippen LogP contribution >= 0.6 is 0 Å². The van der Waals surface area contributed by atoms with Gasteiger partial charge in [0.05, 0.1) is 7.11 Å². The first-order chi connectivity index (χ1) is 10.2. The number of aliphatic hydroxyl groups excluding tert-OH is 1. The van der Waals surface area contributed by atoms with Crippen LogP contribution in [0.1, 0.15) is 0 Å². The second kappa shape index (κ2) is 13.2. The summed E-state index contributed by atoms with van der Waals surface area (Å²) in [6.07, 6.45) is 0.0615. The maximum absolute atomic E-state index is 9.63. The minimum atomic E-state index is -0.563. The second-order valence-corrected chi connectivity index (χ2v) is 4.02. The summed E-state index contributed by atoms with van der Waals surface area (Å²) in [4.78, 5) is 9.06. The molecule has 5 N–H and O–H groups in total. The molecular weight excluding hydrogens is 274 g/mol. The number of hydrogen-bond donors (Lipinski definition) is 4. The Kier molecular flexibility index (Phi) is 12.0. The summed E-state index contributed by atoms with van der Waals surface area (Å²) in [5, 5.41) is 14.9. The average molecular weight is 299 g/mol. The van der Waals surface area contributed by atoms with E-state index in [1.807, 2.05) is 18.2 Å². The lowest BCUT2D eigenvalue weighted by molar-refractivity contribution is -0.109. The highest BCUT2D eigenvalue weighted by atomic mass is 16.5. The van der Waals surface area contributed by atoms with Crippen LogP contribution in [-0.4, -0.2) is 58.0 Å². The maximum atomic E-state index is 9.63. The van der Waals surface area contributed by atoms with E-state index >= 15 is 0 Å². The lowest BCUT2D eigenvalue weighted by Gasteiger charge is -2.14. The van der Waals surface area contributed by atoms with E-state index in [4.69, 9.17) is 20.0 Å². The first kappa shape index (κ1) is 19.2. The minimum Gasteiger partial charge on any atom is -0.493 e. The Labute approximate surface area is 125 Å². The van der Waals surface area contributed by atoms with Gasteiger partial charge in [-0.3, -0.25) is 4.79 Å². The third-order valence-corrected chi connectivity index (χ3v) is 2.32. The molecule has 1 amide bonds. The zero-order valence-electron chi connectivity index (χ0n) is 12.5. The van der Waals surface area contributed by atoms with Crippen LogP contribution in [0.4, 0.5) is 0 Å². The van der Waals surface area contributed by atoms with Crippen molar-refractivity contribution in [2.75, 3.05) is 40.4 Å². The van der Waals surface area contributed by atoms with E-state index in [1.165, 1.54) is 0 Å². The smallest absolute Gasteiger partial charge is 0.206 e. The molecule has 1 aromatic carbocycles. The van der Waals surface area contributed by atoms with Crippen molar-refractivity contribution in [1.29, 1.82) is 0 Å². The molecule has 0 aliphatic heterocycles. The second-order valence-electron chi connectivity index (χ2n) is 4.02. The summed E-state index contributed by atoms with van der Waals surface area (Å²) < 4.78 is 10.6. The van der Waals surface area contributed by atoms with E-state index in [9.17, 15) is 5.11 Å². The molecule has 1 rings (SSSR count). The zero-order valence-corrected chi connectivity index (χ0v) is 12.5. The van der Waals surface area contributed by atoms with Crippen LogP contribution in [0, 0.1) is 0 Å². The Bertz CT molecular complexity index is 377. The van der Waals surface area contributed by atoms with Gasteiger partial charge in [-0.2, -0.15) is 0 Å². The van der Waals surface area contributed by atoms with E-state index in [-0.39, 0.29) is 6.61 Å². The monoisotopic (exact) mass is 299 g/mol. The van der Waals surface area contributed by atoms with Crippen molar-refractivity contribution in [3.63, 3.8) is 0 Å². The quantitative estimate of drug-likeness (QED) is 0.356. The molecule has 21 heavy (non-hydrogen) atoms. The highest BCUT2D eigenvalue weighted by molar-refractivity contribution is 5.44. The van der Waals surface area contributed by atoms with E-state index in [0.717, 1.165) is 0 Å². The summed E-state index contributed by atoms with van der Waals surface area (Å²) in [5.74, 6) is 1.29. The Hall–Kier alpha value is -1.83. The highest BCUT2D eigenvalue weighted by Crippen LogP contribution is 2.25. The maximum Gasteiger partial charge on any atom is 0.206 e. The first-order valence-corrected chi connectivity index (χ1v) is 6.65. The van der Waals surface area contributed by atoms with Crippen molar-refractivity contribution >= 4 is 6.41 Å². The molecule has 0 radical (unpaired) electrons. The number of nitrogens with one attached hydrogen (secondary N) is 2. The number of para-hydroxylation sites is 2. The number of methoxy groups -OCH3 is 1. The zero-order chi connectivity index (χ0) is 15.9. The average Bonchev–Trinajstić information content (AvgIpc) is 2.53. The molecule has 7 nitrogen and oxygen atoms in total. The fourth-order valence-corrected chi connectivity index (χ4v) is 1.35. The highest BCUT2D eigenvalue weighted by Gasteiger charge is 2.07. The van der Waals surface area contributed by atoms with Gasteiger partial charge in [-0.1, -0.05) is 12.1 Å².